The molecule has 0 aliphatic carbocycles. The number of hydrogen-bond acceptors (Lipinski definition) is 5. The Balaban J connectivity index is 2.08. The third kappa shape index (κ3) is 3.82. The maximum absolute atomic E-state index is 12.0. The van der Waals surface area contributed by atoms with E-state index in [1.54, 1.807) is 30.3 Å². The Kier molecular flexibility index (Phi) is 4.93. The van der Waals surface area contributed by atoms with E-state index in [0.29, 0.717) is 17.1 Å². The molecule has 0 unspecified atom stereocenters. The van der Waals surface area contributed by atoms with E-state index in [0.717, 1.165) is 5.56 Å². The first-order valence-electron chi connectivity index (χ1n) is 6.37. The van der Waals surface area contributed by atoms with Gasteiger partial charge in [0, 0.05) is 5.56 Å². The summed E-state index contributed by atoms with van der Waals surface area (Å²) in [6, 6.07) is 14.2. The number of hydrazone groups is 1. The highest BCUT2D eigenvalue weighted by atomic mass is 16.5. The van der Waals surface area contributed by atoms with E-state index in [2.05, 4.69) is 5.10 Å². The fourth-order valence-electron chi connectivity index (χ4n) is 1.82. The molecule has 0 saturated carbocycles. The molecule has 0 amide bonds. The summed E-state index contributed by atoms with van der Waals surface area (Å²) in [5.74, 6) is 6.03. The van der Waals surface area contributed by atoms with Gasteiger partial charge in [0.2, 0.25) is 0 Å². The molecule has 0 bridgehead atoms. The molecule has 0 aliphatic heterocycles. The number of ether oxygens (including phenoxy) is 2. The van der Waals surface area contributed by atoms with Crippen LogP contribution in [0.15, 0.2) is 53.6 Å². The maximum atomic E-state index is 12.0. The summed E-state index contributed by atoms with van der Waals surface area (Å²) < 4.78 is 10.8. The highest BCUT2D eigenvalue weighted by Gasteiger charge is 2.09. The Hall–Kier alpha value is -2.82. The largest absolute Gasteiger partial charge is 0.493 e. The third-order valence-corrected chi connectivity index (χ3v) is 2.87. The summed E-state index contributed by atoms with van der Waals surface area (Å²) in [6.45, 7) is -0.0509. The number of ketones is 1. The molecular weight excluding hydrogens is 268 g/mol. The SMILES string of the molecule is COc1cc(C=NN)ccc1OCC(=O)c1ccccc1. The summed E-state index contributed by atoms with van der Waals surface area (Å²) in [5.41, 5.74) is 1.40. The molecule has 0 aliphatic rings. The smallest absolute Gasteiger partial charge is 0.200 e. The van der Waals surface area contributed by atoms with Crippen molar-refractivity contribution in [1.29, 1.82) is 0 Å². The highest BCUT2D eigenvalue weighted by molar-refractivity contribution is 5.97. The predicted octanol–water partition coefficient (Wildman–Crippen LogP) is 2.25. The van der Waals surface area contributed by atoms with E-state index in [1.807, 2.05) is 18.2 Å². The van der Waals surface area contributed by atoms with Crippen molar-refractivity contribution in [2.75, 3.05) is 13.7 Å². The van der Waals surface area contributed by atoms with Gasteiger partial charge in [-0.15, -0.1) is 0 Å². The highest BCUT2D eigenvalue weighted by Crippen LogP contribution is 2.27. The van der Waals surface area contributed by atoms with Gasteiger partial charge in [-0.2, -0.15) is 5.10 Å². The zero-order valence-corrected chi connectivity index (χ0v) is 11.7. The van der Waals surface area contributed by atoms with Gasteiger partial charge in [0.25, 0.3) is 0 Å². The topological polar surface area (TPSA) is 73.9 Å². The summed E-state index contributed by atoms with van der Waals surface area (Å²) in [6.07, 6.45) is 1.50. The van der Waals surface area contributed by atoms with Crippen LogP contribution < -0.4 is 15.3 Å². The van der Waals surface area contributed by atoms with Crippen LogP contribution in [0.5, 0.6) is 11.5 Å². The fourth-order valence-corrected chi connectivity index (χ4v) is 1.82. The lowest BCUT2D eigenvalue weighted by Gasteiger charge is -2.10. The van der Waals surface area contributed by atoms with Crippen molar-refractivity contribution in [3.63, 3.8) is 0 Å². The van der Waals surface area contributed by atoms with Crippen LogP contribution in [0.3, 0.4) is 0 Å². The number of rotatable bonds is 6. The first kappa shape index (κ1) is 14.6. The van der Waals surface area contributed by atoms with Crippen molar-refractivity contribution >= 4 is 12.0 Å². The lowest BCUT2D eigenvalue weighted by molar-refractivity contribution is 0.0919. The number of nitrogens with two attached hydrogens (primary N) is 1. The zero-order valence-electron chi connectivity index (χ0n) is 11.7. The van der Waals surface area contributed by atoms with E-state index in [1.165, 1.54) is 13.3 Å². The van der Waals surface area contributed by atoms with Crippen molar-refractivity contribution in [2.45, 2.75) is 0 Å². The van der Waals surface area contributed by atoms with E-state index in [4.69, 9.17) is 15.3 Å². The quantitative estimate of drug-likeness (QED) is 0.382. The molecule has 0 fully saturated rings. The molecule has 21 heavy (non-hydrogen) atoms. The Labute approximate surface area is 123 Å². The summed E-state index contributed by atoms with van der Waals surface area (Å²) >= 11 is 0. The van der Waals surface area contributed by atoms with E-state index in [-0.39, 0.29) is 12.4 Å². The fraction of sp³-hybridized carbons (Fsp3) is 0.125. The van der Waals surface area contributed by atoms with E-state index in [9.17, 15) is 4.79 Å². The van der Waals surface area contributed by atoms with Gasteiger partial charge in [-0.3, -0.25) is 4.79 Å². The Morgan fingerprint density at radius 2 is 1.95 bits per heavy atom. The second kappa shape index (κ2) is 7.09. The Bertz CT molecular complexity index is 639. The number of Topliss-reactive ketones (excluding diaryl/α,β-unsaturated/α-hetero) is 1. The second-order valence-electron chi connectivity index (χ2n) is 4.27. The molecule has 2 N–H and O–H groups in total. The van der Waals surface area contributed by atoms with E-state index < -0.39 is 0 Å². The van der Waals surface area contributed by atoms with Gasteiger partial charge in [0.15, 0.2) is 23.9 Å². The van der Waals surface area contributed by atoms with Gasteiger partial charge in [0.05, 0.1) is 13.3 Å². The number of hydrogen-bond donors (Lipinski definition) is 1. The van der Waals surface area contributed by atoms with Crippen LogP contribution in [0, 0.1) is 0 Å². The Morgan fingerprint density at radius 3 is 2.62 bits per heavy atom. The molecule has 108 valence electrons. The minimum atomic E-state index is -0.0924. The second-order valence-corrected chi connectivity index (χ2v) is 4.27. The number of nitrogens with zero attached hydrogens (tertiary/aromatic N) is 1. The first-order chi connectivity index (χ1) is 10.2. The molecule has 0 heterocycles. The van der Waals surface area contributed by atoms with Crippen LogP contribution >= 0.6 is 0 Å². The molecule has 0 saturated heterocycles. The number of carbonyl (C=O) groups excluding carboxylic acids is 1. The normalized spacial score (nSPS) is 10.5. The Morgan fingerprint density at radius 1 is 1.19 bits per heavy atom. The molecule has 0 spiro atoms. The van der Waals surface area contributed by atoms with Crippen molar-refractivity contribution in [2.24, 2.45) is 10.9 Å². The van der Waals surface area contributed by atoms with Crippen LogP contribution in [0.2, 0.25) is 0 Å². The molecule has 5 heteroatoms. The molecule has 2 aromatic rings. The van der Waals surface area contributed by atoms with Crippen LogP contribution in [0.25, 0.3) is 0 Å². The molecule has 0 atom stereocenters. The van der Waals surface area contributed by atoms with Crippen LogP contribution in [0.4, 0.5) is 0 Å². The van der Waals surface area contributed by atoms with Gasteiger partial charge in [-0.25, -0.2) is 0 Å². The van der Waals surface area contributed by atoms with Gasteiger partial charge in [-0.05, 0) is 23.8 Å². The van der Waals surface area contributed by atoms with Crippen molar-refractivity contribution in [3.05, 3.63) is 59.7 Å². The van der Waals surface area contributed by atoms with Gasteiger partial charge >= 0.3 is 0 Å². The predicted molar refractivity (Wildman–Crippen MR) is 81.0 cm³/mol. The molecule has 0 radical (unpaired) electrons. The van der Waals surface area contributed by atoms with Gasteiger partial charge in [0.1, 0.15) is 0 Å². The molecule has 0 aromatic heterocycles. The lowest BCUT2D eigenvalue weighted by Crippen LogP contribution is -2.12. The molecule has 2 aromatic carbocycles. The summed E-state index contributed by atoms with van der Waals surface area (Å²) in [7, 11) is 1.53. The average molecular weight is 284 g/mol. The van der Waals surface area contributed by atoms with Crippen LogP contribution in [-0.4, -0.2) is 25.7 Å². The number of carbonyl (C=O) groups is 1. The number of methoxy groups -OCH3 is 1. The first-order valence-corrected chi connectivity index (χ1v) is 6.37. The van der Waals surface area contributed by atoms with Gasteiger partial charge < -0.3 is 15.3 Å². The standard InChI is InChI=1S/C16H16N2O3/c1-20-16-9-12(10-18-17)7-8-15(16)21-11-14(19)13-5-3-2-4-6-13/h2-10H,11,17H2,1H3. The van der Waals surface area contributed by atoms with Crippen molar-refractivity contribution in [1.82, 2.24) is 0 Å². The average Bonchev–Trinajstić information content (AvgIpc) is 2.54. The monoisotopic (exact) mass is 284 g/mol. The lowest BCUT2D eigenvalue weighted by atomic mass is 10.1. The molecule has 5 nitrogen and oxygen atoms in total. The van der Waals surface area contributed by atoms with E-state index >= 15 is 0 Å². The number of benzene rings is 2. The minimum absolute atomic E-state index is 0.0509. The third-order valence-electron chi connectivity index (χ3n) is 2.87. The van der Waals surface area contributed by atoms with Crippen LogP contribution in [0.1, 0.15) is 15.9 Å². The van der Waals surface area contributed by atoms with Crippen molar-refractivity contribution in [3.8, 4) is 11.5 Å². The van der Waals surface area contributed by atoms with Crippen LogP contribution in [-0.2, 0) is 0 Å². The van der Waals surface area contributed by atoms with Crippen molar-refractivity contribution < 1.29 is 14.3 Å². The minimum Gasteiger partial charge on any atom is -0.493 e. The maximum Gasteiger partial charge on any atom is 0.200 e. The summed E-state index contributed by atoms with van der Waals surface area (Å²) in [5, 5.41) is 3.45. The molecule has 2 rings (SSSR count). The zero-order chi connectivity index (χ0) is 15.1. The van der Waals surface area contributed by atoms with Gasteiger partial charge in [-0.1, -0.05) is 30.3 Å². The molecular formula is C16H16N2O3. The summed E-state index contributed by atoms with van der Waals surface area (Å²) in [4.78, 5) is 12.0.